The van der Waals surface area contributed by atoms with Gasteiger partial charge in [0.15, 0.2) is 0 Å². The molecule has 0 aliphatic carbocycles. The molecule has 1 aliphatic heterocycles. The van der Waals surface area contributed by atoms with E-state index in [0.29, 0.717) is 21.3 Å². The number of nitrogens with zero attached hydrogens (tertiary/aromatic N) is 1. The summed E-state index contributed by atoms with van der Waals surface area (Å²) in [4.78, 5) is 37.7. The maximum atomic E-state index is 12.7. The first kappa shape index (κ1) is 16.5. The lowest BCUT2D eigenvalue weighted by Crippen LogP contribution is -2.29. The Bertz CT molecular complexity index is 860. The summed E-state index contributed by atoms with van der Waals surface area (Å²) in [6, 6.07) is 9.71. The molecular formula is C17H12Cl2N2O3. The quantitative estimate of drug-likeness (QED) is 0.845. The Hall–Kier alpha value is -2.37. The molecule has 7 heteroatoms. The van der Waals surface area contributed by atoms with Crippen molar-refractivity contribution in [2.75, 3.05) is 5.32 Å². The van der Waals surface area contributed by atoms with Crippen molar-refractivity contribution >= 4 is 46.6 Å². The van der Waals surface area contributed by atoms with Gasteiger partial charge in [-0.15, -0.1) is 0 Å². The van der Waals surface area contributed by atoms with Crippen molar-refractivity contribution in [3.05, 3.63) is 63.1 Å². The molecule has 1 N–H and O–H groups in total. The Labute approximate surface area is 148 Å². The van der Waals surface area contributed by atoms with Crippen LogP contribution in [0.4, 0.5) is 5.69 Å². The molecule has 2 aromatic rings. The first-order valence-electron chi connectivity index (χ1n) is 7.10. The summed E-state index contributed by atoms with van der Waals surface area (Å²) in [7, 11) is 0. The molecule has 0 aromatic heterocycles. The predicted molar refractivity (Wildman–Crippen MR) is 91.4 cm³/mol. The van der Waals surface area contributed by atoms with E-state index in [9.17, 15) is 14.4 Å². The van der Waals surface area contributed by atoms with Gasteiger partial charge in [0, 0.05) is 22.5 Å². The van der Waals surface area contributed by atoms with E-state index >= 15 is 0 Å². The summed E-state index contributed by atoms with van der Waals surface area (Å²) in [5, 5.41) is 3.32. The summed E-state index contributed by atoms with van der Waals surface area (Å²) in [5.74, 6) is -1.26. The fraction of sp³-hybridized carbons (Fsp3) is 0.118. The molecule has 0 spiro atoms. The standard InChI is InChI=1S/C17H12Cl2N2O3/c1-9(22)20-14-7-2-4-10-15(14)17(24)21(16(10)23)8-11-12(18)5-3-6-13(11)19/h2-7H,8H2,1H3,(H,20,22). The highest BCUT2D eigenvalue weighted by Crippen LogP contribution is 2.33. The summed E-state index contributed by atoms with van der Waals surface area (Å²) < 4.78 is 0. The lowest BCUT2D eigenvalue weighted by Gasteiger charge is -2.16. The summed E-state index contributed by atoms with van der Waals surface area (Å²) >= 11 is 12.2. The van der Waals surface area contributed by atoms with Gasteiger partial charge in [0.05, 0.1) is 23.4 Å². The zero-order chi connectivity index (χ0) is 17.4. The lowest BCUT2D eigenvalue weighted by atomic mass is 10.1. The number of nitrogens with one attached hydrogen (secondary N) is 1. The number of amides is 3. The molecule has 24 heavy (non-hydrogen) atoms. The molecule has 0 fully saturated rings. The molecular weight excluding hydrogens is 351 g/mol. The third-order valence-corrected chi connectivity index (χ3v) is 4.40. The molecule has 0 radical (unpaired) electrons. The first-order valence-corrected chi connectivity index (χ1v) is 7.85. The molecule has 3 rings (SSSR count). The molecule has 0 unspecified atom stereocenters. The Kier molecular flexibility index (Phi) is 4.30. The van der Waals surface area contributed by atoms with Crippen molar-refractivity contribution in [3.8, 4) is 0 Å². The van der Waals surface area contributed by atoms with E-state index in [1.807, 2.05) is 0 Å². The van der Waals surface area contributed by atoms with Crippen LogP contribution in [-0.4, -0.2) is 22.6 Å². The minimum absolute atomic E-state index is 0.0373. The first-order chi connectivity index (χ1) is 11.4. The van der Waals surface area contributed by atoms with Crippen molar-refractivity contribution in [1.82, 2.24) is 4.90 Å². The average molecular weight is 363 g/mol. The highest BCUT2D eigenvalue weighted by molar-refractivity contribution is 6.36. The van der Waals surface area contributed by atoms with E-state index in [1.165, 1.54) is 6.92 Å². The molecule has 122 valence electrons. The number of hydrogen-bond acceptors (Lipinski definition) is 3. The second-order valence-corrected chi connectivity index (χ2v) is 6.12. The summed E-state index contributed by atoms with van der Waals surface area (Å²) in [6.45, 7) is 1.30. The molecule has 5 nitrogen and oxygen atoms in total. The second kappa shape index (κ2) is 6.26. The van der Waals surface area contributed by atoms with Crippen LogP contribution in [0.3, 0.4) is 0 Å². The van der Waals surface area contributed by atoms with Gasteiger partial charge in [-0.1, -0.05) is 35.3 Å². The zero-order valence-corrected chi connectivity index (χ0v) is 14.1. The normalized spacial score (nSPS) is 13.2. The largest absolute Gasteiger partial charge is 0.326 e. The van der Waals surface area contributed by atoms with E-state index in [0.717, 1.165) is 4.90 Å². The van der Waals surface area contributed by atoms with Crippen LogP contribution in [0.15, 0.2) is 36.4 Å². The second-order valence-electron chi connectivity index (χ2n) is 5.31. The Morgan fingerprint density at radius 3 is 2.29 bits per heavy atom. The number of carbonyl (C=O) groups excluding carboxylic acids is 3. The maximum absolute atomic E-state index is 12.7. The maximum Gasteiger partial charge on any atom is 0.263 e. The van der Waals surface area contributed by atoms with Crippen LogP contribution >= 0.6 is 23.2 Å². The number of fused-ring (bicyclic) bond motifs is 1. The number of hydrogen-bond donors (Lipinski definition) is 1. The number of rotatable bonds is 3. The minimum atomic E-state index is -0.490. The van der Waals surface area contributed by atoms with E-state index in [4.69, 9.17) is 23.2 Å². The molecule has 1 aliphatic rings. The minimum Gasteiger partial charge on any atom is -0.326 e. The lowest BCUT2D eigenvalue weighted by molar-refractivity contribution is -0.114. The van der Waals surface area contributed by atoms with Crippen LogP contribution in [0.5, 0.6) is 0 Å². The van der Waals surface area contributed by atoms with Gasteiger partial charge >= 0.3 is 0 Å². The highest BCUT2D eigenvalue weighted by Gasteiger charge is 2.38. The number of carbonyl (C=O) groups is 3. The average Bonchev–Trinajstić information content (AvgIpc) is 2.76. The van der Waals surface area contributed by atoms with Crippen LogP contribution in [0, 0.1) is 0 Å². The van der Waals surface area contributed by atoms with Crippen LogP contribution < -0.4 is 5.32 Å². The highest BCUT2D eigenvalue weighted by atomic mass is 35.5. The van der Waals surface area contributed by atoms with E-state index in [1.54, 1.807) is 36.4 Å². The van der Waals surface area contributed by atoms with Gasteiger partial charge < -0.3 is 5.32 Å². The molecule has 0 saturated carbocycles. The summed E-state index contributed by atoms with van der Waals surface area (Å²) in [5.41, 5.74) is 1.23. The molecule has 2 aromatic carbocycles. The van der Waals surface area contributed by atoms with Gasteiger partial charge in [-0.25, -0.2) is 0 Å². The van der Waals surface area contributed by atoms with Crippen molar-refractivity contribution in [2.24, 2.45) is 0 Å². The van der Waals surface area contributed by atoms with Gasteiger partial charge in [0.1, 0.15) is 0 Å². The Morgan fingerprint density at radius 2 is 1.67 bits per heavy atom. The fourth-order valence-corrected chi connectivity index (χ4v) is 3.13. The van der Waals surface area contributed by atoms with Crippen LogP contribution in [0.2, 0.25) is 10.0 Å². The SMILES string of the molecule is CC(=O)Nc1cccc2c1C(=O)N(Cc1c(Cl)cccc1Cl)C2=O. The third kappa shape index (κ3) is 2.77. The monoisotopic (exact) mass is 362 g/mol. The number of imide groups is 1. The number of anilines is 1. The summed E-state index contributed by atoms with van der Waals surface area (Å²) in [6.07, 6.45) is 0. The van der Waals surface area contributed by atoms with Crippen molar-refractivity contribution in [1.29, 1.82) is 0 Å². The van der Waals surface area contributed by atoms with Gasteiger partial charge in [-0.2, -0.15) is 0 Å². The smallest absolute Gasteiger partial charge is 0.263 e. The predicted octanol–water partition coefficient (Wildman–Crippen LogP) is 3.75. The number of benzene rings is 2. The topological polar surface area (TPSA) is 66.5 Å². The van der Waals surface area contributed by atoms with Crippen molar-refractivity contribution in [2.45, 2.75) is 13.5 Å². The Balaban J connectivity index is 2.00. The van der Waals surface area contributed by atoms with Crippen LogP contribution in [0.1, 0.15) is 33.2 Å². The molecule has 3 amide bonds. The van der Waals surface area contributed by atoms with Crippen molar-refractivity contribution in [3.63, 3.8) is 0 Å². The van der Waals surface area contributed by atoms with E-state index in [2.05, 4.69) is 5.32 Å². The van der Waals surface area contributed by atoms with Crippen molar-refractivity contribution < 1.29 is 14.4 Å². The third-order valence-electron chi connectivity index (χ3n) is 3.69. The molecule has 0 bridgehead atoms. The van der Waals surface area contributed by atoms with Crippen LogP contribution in [0.25, 0.3) is 0 Å². The molecule has 0 saturated heterocycles. The van der Waals surface area contributed by atoms with Gasteiger partial charge in [-0.3, -0.25) is 19.3 Å². The van der Waals surface area contributed by atoms with E-state index in [-0.39, 0.29) is 23.6 Å². The van der Waals surface area contributed by atoms with E-state index < -0.39 is 11.8 Å². The molecule has 0 atom stereocenters. The molecule has 1 heterocycles. The number of halogens is 2. The van der Waals surface area contributed by atoms with Gasteiger partial charge in [0.25, 0.3) is 11.8 Å². The Morgan fingerprint density at radius 1 is 1.04 bits per heavy atom. The van der Waals surface area contributed by atoms with Gasteiger partial charge in [-0.05, 0) is 24.3 Å². The fourth-order valence-electron chi connectivity index (χ4n) is 2.61. The van der Waals surface area contributed by atoms with Crippen LogP contribution in [-0.2, 0) is 11.3 Å². The van der Waals surface area contributed by atoms with Gasteiger partial charge in [0.2, 0.25) is 5.91 Å². The zero-order valence-electron chi connectivity index (χ0n) is 12.6.